The molecule has 0 spiro atoms. The molecule has 0 saturated carbocycles. The van der Waals surface area contributed by atoms with Crippen LogP contribution >= 0.6 is 0 Å². The van der Waals surface area contributed by atoms with E-state index in [2.05, 4.69) is 20.8 Å². The molecule has 0 heterocycles. The quantitative estimate of drug-likeness (QED) is 0.559. The highest BCUT2D eigenvalue weighted by Gasteiger charge is 2.13. The Balaban J connectivity index is 3.66. The van der Waals surface area contributed by atoms with E-state index in [4.69, 9.17) is 4.43 Å². The van der Waals surface area contributed by atoms with Gasteiger partial charge in [0.25, 0.3) is 0 Å². The molecule has 0 aromatic heterocycles. The zero-order valence-corrected chi connectivity index (χ0v) is 10.4. The molecule has 0 amide bonds. The molecule has 1 unspecified atom stereocenters. The summed E-state index contributed by atoms with van der Waals surface area (Å²) in [4.78, 5) is 0. The summed E-state index contributed by atoms with van der Waals surface area (Å²) in [5.41, 5.74) is 0. The summed E-state index contributed by atoms with van der Waals surface area (Å²) in [5, 5.41) is 0. The Labute approximate surface area is 74.1 Å². The third-order valence-corrected chi connectivity index (χ3v) is 3.10. The van der Waals surface area contributed by atoms with E-state index in [1.807, 2.05) is 0 Å². The van der Waals surface area contributed by atoms with Gasteiger partial charge in [0, 0.05) is 6.10 Å². The highest BCUT2D eigenvalue weighted by atomic mass is 28.2. The van der Waals surface area contributed by atoms with Crippen molar-refractivity contribution in [3.63, 3.8) is 0 Å². The zero-order chi connectivity index (χ0) is 8.69. The molecule has 1 atom stereocenters. The molecular formula is C9H22OSi. The summed E-state index contributed by atoms with van der Waals surface area (Å²) in [7, 11) is 0.885. The first kappa shape index (κ1) is 11.2. The highest BCUT2D eigenvalue weighted by Crippen LogP contribution is 2.19. The Morgan fingerprint density at radius 1 is 1.18 bits per heavy atom. The van der Waals surface area contributed by atoms with E-state index < -0.39 is 0 Å². The van der Waals surface area contributed by atoms with E-state index in [1.54, 1.807) is 0 Å². The van der Waals surface area contributed by atoms with Gasteiger partial charge >= 0.3 is 0 Å². The molecule has 2 heteroatoms. The number of rotatable bonds is 6. The van der Waals surface area contributed by atoms with Gasteiger partial charge in [-0.3, -0.25) is 0 Å². The van der Waals surface area contributed by atoms with Gasteiger partial charge in [-0.1, -0.05) is 26.7 Å². The van der Waals surface area contributed by atoms with Crippen LogP contribution in [0.2, 0.25) is 0 Å². The van der Waals surface area contributed by atoms with Crippen LogP contribution in [0.25, 0.3) is 0 Å². The van der Waals surface area contributed by atoms with E-state index >= 15 is 0 Å². The van der Waals surface area contributed by atoms with Crippen molar-refractivity contribution in [1.29, 1.82) is 0 Å². The average molecular weight is 174 g/mol. The summed E-state index contributed by atoms with van der Waals surface area (Å²) in [6.07, 6.45) is 5.75. The molecule has 1 nitrogen and oxygen atoms in total. The maximum atomic E-state index is 5.46. The molecule has 0 bridgehead atoms. The second kappa shape index (κ2) is 6.86. The van der Waals surface area contributed by atoms with Gasteiger partial charge in [0.1, 0.15) is 10.5 Å². The summed E-state index contributed by atoms with van der Waals surface area (Å²) >= 11 is 0. The summed E-state index contributed by atoms with van der Waals surface area (Å²) < 4.78 is 5.46. The first-order valence-electron chi connectivity index (χ1n) is 4.79. The summed E-state index contributed by atoms with van der Waals surface area (Å²) in [6.45, 7) is 6.72. The lowest BCUT2D eigenvalue weighted by Gasteiger charge is -2.22. The van der Waals surface area contributed by atoms with Crippen LogP contribution in [0.15, 0.2) is 0 Å². The van der Waals surface area contributed by atoms with Crippen LogP contribution in [-0.4, -0.2) is 16.6 Å². The minimum absolute atomic E-state index is 0.501. The maximum Gasteiger partial charge on any atom is 0.146 e. The molecule has 11 heavy (non-hydrogen) atoms. The predicted octanol–water partition coefficient (Wildman–Crippen LogP) is 1.89. The topological polar surface area (TPSA) is 9.23 Å². The lowest BCUT2D eigenvalue weighted by atomic mass is 9.93. The van der Waals surface area contributed by atoms with Gasteiger partial charge in [-0.2, -0.15) is 0 Å². The normalized spacial score (nSPS) is 14.2. The molecule has 0 radical (unpaired) electrons. The van der Waals surface area contributed by atoms with Crippen molar-refractivity contribution in [2.75, 3.05) is 0 Å². The molecule has 68 valence electrons. The molecule has 0 aliphatic heterocycles. The van der Waals surface area contributed by atoms with Crippen molar-refractivity contribution in [3.05, 3.63) is 0 Å². The fourth-order valence-electron chi connectivity index (χ4n) is 1.55. The molecule has 0 N–H and O–H groups in total. The monoisotopic (exact) mass is 174 g/mol. The van der Waals surface area contributed by atoms with Crippen molar-refractivity contribution >= 4 is 10.5 Å². The van der Waals surface area contributed by atoms with Gasteiger partial charge in [-0.05, 0) is 25.7 Å². The molecule has 0 aromatic carbocycles. The van der Waals surface area contributed by atoms with Gasteiger partial charge in [0.05, 0.1) is 0 Å². The van der Waals surface area contributed by atoms with Gasteiger partial charge in [-0.15, -0.1) is 0 Å². The highest BCUT2D eigenvalue weighted by molar-refractivity contribution is 5.98. The van der Waals surface area contributed by atoms with Crippen LogP contribution in [0, 0.1) is 5.92 Å². The number of hydrogen-bond donors (Lipinski definition) is 0. The van der Waals surface area contributed by atoms with Crippen LogP contribution in [0.3, 0.4) is 0 Å². The second-order valence-electron chi connectivity index (χ2n) is 3.28. The predicted molar refractivity (Wildman–Crippen MR) is 53.8 cm³/mol. The maximum absolute atomic E-state index is 5.46. The van der Waals surface area contributed by atoms with Gasteiger partial charge in [0.2, 0.25) is 0 Å². The SMILES string of the molecule is CCCC(CCC)C(C)O[SiH3]. The Morgan fingerprint density at radius 2 is 1.64 bits per heavy atom. The third-order valence-electron chi connectivity index (χ3n) is 2.35. The Bertz CT molecular complexity index is 79.6. The van der Waals surface area contributed by atoms with E-state index in [9.17, 15) is 0 Å². The minimum Gasteiger partial charge on any atom is -0.425 e. The lowest BCUT2D eigenvalue weighted by Crippen LogP contribution is -2.19. The van der Waals surface area contributed by atoms with Crippen LogP contribution in [0.1, 0.15) is 46.5 Å². The second-order valence-corrected chi connectivity index (χ2v) is 3.75. The molecular weight excluding hydrogens is 152 g/mol. The van der Waals surface area contributed by atoms with Crippen LogP contribution in [0.4, 0.5) is 0 Å². The molecule has 0 rings (SSSR count). The van der Waals surface area contributed by atoms with Crippen molar-refractivity contribution in [2.45, 2.75) is 52.6 Å². The first-order valence-corrected chi connectivity index (χ1v) is 5.60. The third kappa shape index (κ3) is 4.59. The van der Waals surface area contributed by atoms with Crippen LogP contribution in [-0.2, 0) is 4.43 Å². The average Bonchev–Trinajstić information content (AvgIpc) is 2.03. The smallest absolute Gasteiger partial charge is 0.146 e. The van der Waals surface area contributed by atoms with Crippen molar-refractivity contribution < 1.29 is 4.43 Å². The zero-order valence-electron chi connectivity index (χ0n) is 8.39. The lowest BCUT2D eigenvalue weighted by molar-refractivity contribution is 0.150. The molecule has 0 aliphatic carbocycles. The van der Waals surface area contributed by atoms with Crippen LogP contribution in [0.5, 0.6) is 0 Å². The fraction of sp³-hybridized carbons (Fsp3) is 1.00. The summed E-state index contributed by atoms with van der Waals surface area (Å²) in [5.74, 6) is 0.808. The molecule has 0 fully saturated rings. The largest absolute Gasteiger partial charge is 0.425 e. The van der Waals surface area contributed by atoms with Crippen molar-refractivity contribution in [3.8, 4) is 0 Å². The standard InChI is InChI=1S/C9H22OSi/c1-4-6-9(7-5-2)8(3)10-11/h8-9H,4-7H2,1-3,11H3. The fourth-order valence-corrected chi connectivity index (χ4v) is 1.93. The molecule has 0 aliphatic rings. The van der Waals surface area contributed by atoms with E-state index in [1.165, 1.54) is 25.7 Å². The summed E-state index contributed by atoms with van der Waals surface area (Å²) in [6, 6.07) is 0. The Hall–Kier alpha value is 0.177. The van der Waals surface area contributed by atoms with Crippen molar-refractivity contribution in [2.24, 2.45) is 5.92 Å². The van der Waals surface area contributed by atoms with Crippen molar-refractivity contribution in [1.82, 2.24) is 0 Å². The van der Waals surface area contributed by atoms with E-state index in [-0.39, 0.29) is 0 Å². The van der Waals surface area contributed by atoms with Gasteiger partial charge in [-0.25, -0.2) is 0 Å². The first-order chi connectivity index (χ1) is 5.26. The van der Waals surface area contributed by atoms with E-state index in [0.717, 1.165) is 16.4 Å². The van der Waals surface area contributed by atoms with Crippen LogP contribution < -0.4 is 0 Å². The Morgan fingerprint density at radius 3 is 1.91 bits per heavy atom. The molecule has 0 saturated heterocycles. The van der Waals surface area contributed by atoms with E-state index in [0.29, 0.717) is 6.10 Å². The molecule has 0 aromatic rings. The number of hydrogen-bond acceptors (Lipinski definition) is 1. The van der Waals surface area contributed by atoms with Gasteiger partial charge in [0.15, 0.2) is 0 Å². The minimum atomic E-state index is 0.501. The van der Waals surface area contributed by atoms with Gasteiger partial charge < -0.3 is 4.43 Å². The Kier molecular flexibility index (Phi) is 6.97.